The molecule has 8 heteroatoms. The van der Waals surface area contributed by atoms with Gasteiger partial charge >= 0.3 is 6.03 Å². The molecule has 2 N–H and O–H groups in total. The topological polar surface area (TPSA) is 77.4 Å². The largest absolute Gasteiger partial charge is 0.376 e. The van der Waals surface area contributed by atoms with Gasteiger partial charge in [-0.3, -0.25) is 5.32 Å². The molecule has 25 heavy (non-hydrogen) atoms. The number of rotatable bonds is 6. The number of hydrogen-bond acceptors (Lipinski definition) is 4. The van der Waals surface area contributed by atoms with Gasteiger partial charge in [0.1, 0.15) is 11.9 Å². The van der Waals surface area contributed by atoms with Crippen molar-refractivity contribution in [2.75, 3.05) is 25.1 Å². The third-order valence-electron chi connectivity index (χ3n) is 3.96. The summed E-state index contributed by atoms with van der Waals surface area (Å²) in [6.45, 7) is 3.90. The van der Waals surface area contributed by atoms with Gasteiger partial charge in [-0.25, -0.2) is 9.48 Å². The summed E-state index contributed by atoms with van der Waals surface area (Å²) >= 11 is 6.19. The van der Waals surface area contributed by atoms with E-state index < -0.39 is 0 Å². The first-order valence-electron chi connectivity index (χ1n) is 8.19. The number of urea groups is 1. The molecule has 1 fully saturated rings. The Morgan fingerprint density at radius 1 is 1.40 bits per heavy atom. The molecule has 134 valence electrons. The summed E-state index contributed by atoms with van der Waals surface area (Å²) in [4.78, 5) is 12.3. The Morgan fingerprint density at radius 2 is 2.24 bits per heavy atom. The molecular weight excluding hydrogens is 344 g/mol. The highest BCUT2D eigenvalue weighted by molar-refractivity contribution is 6.31. The van der Waals surface area contributed by atoms with Crippen LogP contribution in [0.5, 0.6) is 0 Å². The maximum Gasteiger partial charge on any atom is 0.320 e. The zero-order valence-corrected chi connectivity index (χ0v) is 14.7. The van der Waals surface area contributed by atoms with Crippen molar-refractivity contribution in [3.63, 3.8) is 0 Å². The molecule has 0 aliphatic carbocycles. The Morgan fingerprint density at radius 3 is 3.04 bits per heavy atom. The number of nitrogens with one attached hydrogen (secondary N) is 2. The fourth-order valence-electron chi connectivity index (χ4n) is 2.72. The maximum atomic E-state index is 12.3. The van der Waals surface area contributed by atoms with E-state index in [0.717, 1.165) is 5.56 Å². The van der Waals surface area contributed by atoms with Crippen LogP contribution in [-0.4, -0.2) is 47.8 Å². The number of anilines is 1. The van der Waals surface area contributed by atoms with Gasteiger partial charge in [-0.05, 0) is 18.6 Å². The van der Waals surface area contributed by atoms with Crippen LogP contribution in [0.25, 0.3) is 0 Å². The van der Waals surface area contributed by atoms with Gasteiger partial charge in [-0.2, -0.15) is 5.10 Å². The van der Waals surface area contributed by atoms with Crippen LogP contribution in [0, 0.1) is 0 Å². The maximum absolute atomic E-state index is 12.3. The van der Waals surface area contributed by atoms with E-state index in [-0.39, 0.29) is 18.2 Å². The van der Waals surface area contributed by atoms with E-state index >= 15 is 0 Å². The summed E-state index contributed by atoms with van der Waals surface area (Å²) in [5.41, 5.74) is 0.928. The van der Waals surface area contributed by atoms with Crippen LogP contribution < -0.4 is 10.6 Å². The molecule has 0 radical (unpaired) electrons. The van der Waals surface area contributed by atoms with E-state index in [4.69, 9.17) is 21.1 Å². The zero-order chi connectivity index (χ0) is 17.6. The second-order valence-corrected chi connectivity index (χ2v) is 6.11. The van der Waals surface area contributed by atoms with Gasteiger partial charge in [0, 0.05) is 17.7 Å². The molecule has 1 saturated heterocycles. The SMILES string of the molecule is CCO[C@@H]1COC[C@H]1NC(=O)Nc1ccnn1Cc1ccccc1Cl. The summed E-state index contributed by atoms with van der Waals surface area (Å²) in [7, 11) is 0. The Balaban J connectivity index is 1.61. The first kappa shape index (κ1) is 17.7. The van der Waals surface area contributed by atoms with Crippen LogP contribution >= 0.6 is 11.6 Å². The number of nitrogens with zero attached hydrogens (tertiary/aromatic N) is 2. The van der Waals surface area contributed by atoms with Crippen LogP contribution in [-0.2, 0) is 16.0 Å². The molecule has 0 bridgehead atoms. The van der Waals surface area contributed by atoms with Crippen LogP contribution in [0.3, 0.4) is 0 Å². The predicted molar refractivity (Wildman–Crippen MR) is 95.0 cm³/mol. The smallest absolute Gasteiger partial charge is 0.320 e. The van der Waals surface area contributed by atoms with E-state index in [1.807, 2.05) is 31.2 Å². The molecule has 2 aromatic rings. The first-order chi connectivity index (χ1) is 12.2. The van der Waals surface area contributed by atoms with Gasteiger partial charge in [0.25, 0.3) is 0 Å². The third kappa shape index (κ3) is 4.50. The lowest BCUT2D eigenvalue weighted by Gasteiger charge is -2.19. The molecular formula is C17H21ClN4O3. The lowest BCUT2D eigenvalue weighted by molar-refractivity contribution is 0.0428. The predicted octanol–water partition coefficient (Wildman–Crippen LogP) is 2.51. The summed E-state index contributed by atoms with van der Waals surface area (Å²) in [6.07, 6.45) is 1.51. The molecule has 2 heterocycles. The second kappa shape index (κ2) is 8.33. The fourth-order valence-corrected chi connectivity index (χ4v) is 2.92. The molecule has 0 spiro atoms. The standard InChI is InChI=1S/C17H21ClN4O3/c1-2-25-15-11-24-10-14(15)20-17(23)21-16-7-8-19-22(16)9-12-5-3-4-6-13(12)18/h3-8,14-15H,2,9-11H2,1H3,(H2,20,21,23)/t14-,15-/m1/s1. The molecule has 0 saturated carbocycles. The van der Waals surface area contributed by atoms with E-state index in [1.54, 1.807) is 16.9 Å². The monoisotopic (exact) mass is 364 g/mol. The molecule has 0 unspecified atom stereocenters. The number of halogens is 1. The summed E-state index contributed by atoms with van der Waals surface area (Å²) < 4.78 is 12.6. The lowest BCUT2D eigenvalue weighted by Crippen LogP contribution is -2.45. The number of carbonyl (C=O) groups is 1. The Bertz CT molecular complexity index is 721. The van der Waals surface area contributed by atoms with Gasteiger partial charge < -0.3 is 14.8 Å². The van der Waals surface area contributed by atoms with Gasteiger partial charge in [0.2, 0.25) is 0 Å². The number of hydrogen-bond donors (Lipinski definition) is 2. The molecule has 3 rings (SSSR count). The Kier molecular flexibility index (Phi) is 5.91. The summed E-state index contributed by atoms with van der Waals surface area (Å²) in [6, 6.07) is 8.80. The van der Waals surface area contributed by atoms with Gasteiger partial charge in [-0.1, -0.05) is 29.8 Å². The van der Waals surface area contributed by atoms with Crippen molar-refractivity contribution in [2.45, 2.75) is 25.6 Å². The molecule has 1 aromatic heterocycles. The molecule has 2 atom stereocenters. The first-order valence-corrected chi connectivity index (χ1v) is 8.57. The van der Waals surface area contributed by atoms with Crippen LogP contribution in [0.2, 0.25) is 5.02 Å². The molecule has 1 aromatic carbocycles. The van der Waals surface area contributed by atoms with E-state index in [0.29, 0.717) is 37.2 Å². The normalized spacial score (nSPS) is 19.8. The van der Waals surface area contributed by atoms with Crippen LogP contribution in [0.15, 0.2) is 36.5 Å². The number of amides is 2. The van der Waals surface area contributed by atoms with Crippen molar-refractivity contribution < 1.29 is 14.3 Å². The average Bonchev–Trinajstić information content (AvgIpc) is 3.20. The van der Waals surface area contributed by atoms with Gasteiger partial charge in [0.05, 0.1) is 32.0 Å². The number of carbonyl (C=O) groups excluding carboxylic acids is 1. The fraction of sp³-hybridized carbons (Fsp3) is 0.412. The minimum absolute atomic E-state index is 0.121. The van der Waals surface area contributed by atoms with Crippen LogP contribution in [0.4, 0.5) is 10.6 Å². The van der Waals surface area contributed by atoms with Crippen molar-refractivity contribution in [1.82, 2.24) is 15.1 Å². The second-order valence-electron chi connectivity index (χ2n) is 5.70. The van der Waals surface area contributed by atoms with Crippen molar-refractivity contribution in [2.24, 2.45) is 0 Å². The number of benzene rings is 1. The van der Waals surface area contributed by atoms with Crippen molar-refractivity contribution in [3.05, 3.63) is 47.1 Å². The average molecular weight is 365 g/mol. The quantitative estimate of drug-likeness (QED) is 0.825. The summed E-state index contributed by atoms with van der Waals surface area (Å²) in [5.74, 6) is 0.587. The molecule has 1 aliphatic heterocycles. The highest BCUT2D eigenvalue weighted by Gasteiger charge is 2.30. The lowest BCUT2D eigenvalue weighted by atomic mass is 10.2. The molecule has 1 aliphatic rings. The minimum atomic E-state index is -0.318. The zero-order valence-electron chi connectivity index (χ0n) is 13.9. The van der Waals surface area contributed by atoms with Crippen molar-refractivity contribution >= 4 is 23.4 Å². The number of ether oxygens (including phenoxy) is 2. The van der Waals surface area contributed by atoms with Gasteiger partial charge in [0.15, 0.2) is 0 Å². The van der Waals surface area contributed by atoms with Gasteiger partial charge in [-0.15, -0.1) is 0 Å². The summed E-state index contributed by atoms with van der Waals surface area (Å²) in [5, 5.41) is 10.6. The minimum Gasteiger partial charge on any atom is -0.376 e. The highest BCUT2D eigenvalue weighted by atomic mass is 35.5. The van der Waals surface area contributed by atoms with Crippen molar-refractivity contribution in [3.8, 4) is 0 Å². The molecule has 2 amide bonds. The number of aromatic nitrogens is 2. The third-order valence-corrected chi connectivity index (χ3v) is 4.33. The van der Waals surface area contributed by atoms with Crippen LogP contribution in [0.1, 0.15) is 12.5 Å². The Hall–Kier alpha value is -2.09. The van der Waals surface area contributed by atoms with E-state index in [2.05, 4.69) is 15.7 Å². The van der Waals surface area contributed by atoms with E-state index in [1.165, 1.54) is 0 Å². The van der Waals surface area contributed by atoms with E-state index in [9.17, 15) is 4.79 Å². The highest BCUT2D eigenvalue weighted by Crippen LogP contribution is 2.18. The molecule has 7 nitrogen and oxygen atoms in total. The Labute approximate surface area is 151 Å². The van der Waals surface area contributed by atoms with Crippen molar-refractivity contribution in [1.29, 1.82) is 0 Å².